The van der Waals surface area contributed by atoms with E-state index in [4.69, 9.17) is 9.47 Å². The molecule has 7 N–H and O–H groups in total. The topological polar surface area (TPSA) is 307 Å². The quantitative estimate of drug-likeness (QED) is 0.0267. The summed E-state index contributed by atoms with van der Waals surface area (Å²) in [6.07, 6.45) is 12.3. The van der Waals surface area contributed by atoms with E-state index in [1.165, 1.54) is 0 Å². The van der Waals surface area contributed by atoms with E-state index in [1.54, 1.807) is 59.5 Å². The van der Waals surface area contributed by atoms with Gasteiger partial charge in [0.1, 0.15) is 46.7 Å². The fourth-order valence-electron chi connectivity index (χ4n) is 12.3. The zero-order valence-electron chi connectivity index (χ0n) is 49.7. The van der Waals surface area contributed by atoms with Gasteiger partial charge in [0.05, 0.1) is 76.1 Å². The molecule has 0 saturated carbocycles. The Morgan fingerprint density at radius 3 is 1.52 bits per heavy atom. The monoisotopic (exact) mass is 1190 g/mol. The Balaban J connectivity index is 0.707. The molecule has 0 bridgehead atoms. The highest BCUT2D eigenvalue weighted by Crippen LogP contribution is 2.36. The molecule has 462 valence electrons. The Kier molecular flexibility index (Phi) is 21.9. The third kappa shape index (κ3) is 15.3. The first-order valence-corrected chi connectivity index (χ1v) is 30.5. The van der Waals surface area contributed by atoms with Gasteiger partial charge in [0.25, 0.3) is 10.9 Å². The maximum Gasteiger partial charge on any atom is 0.253 e. The number of anilines is 2. The minimum absolute atomic E-state index is 0.0144. The standard InChI is InChI=1S/C61H83N15O10/c1-38(62-3)50(77)35-42-19-11-12-20-43-23-25-48(75(43)60(42)83)58(81)67-51(40-15-7-5-8-16-40)46-36-73(71-69-46)29-33-85-31-27-64-53-54(56(79)55(53)78)65-28-32-86-34-30-74-37-47(70-72-74)52(41-17-9-6-10-18-41)68-59(82)49-26-24-44-21-13-14-22-45(61(84)76(44)49)66-57(80)39(2)63-4/h5-10,15-18,36-39,42-45,48-49,51-52,62-65H,11-14,19-35H2,1-4H3,(H,66,80)(H,67,81)(H,68,82)/t38-,39-,42+,43-,44-,45-,48-,49-,51-,52-/m0/s1. The number of ether oxygens (including phenoxy) is 2. The molecule has 0 unspecified atom stereocenters. The Labute approximate surface area is 500 Å². The predicted molar refractivity (Wildman–Crippen MR) is 319 cm³/mol. The lowest BCUT2D eigenvalue weighted by molar-refractivity contribution is -0.146. The highest BCUT2D eigenvalue weighted by atomic mass is 16.5. The molecule has 4 aliphatic heterocycles. The Bertz CT molecular complexity index is 2960. The molecule has 6 heterocycles. The molecule has 25 heteroatoms. The van der Waals surface area contributed by atoms with Crippen LogP contribution in [0.2, 0.25) is 0 Å². The van der Waals surface area contributed by atoms with E-state index in [0.717, 1.165) is 56.1 Å². The molecule has 4 aliphatic rings. The lowest BCUT2D eigenvalue weighted by atomic mass is 9.89. The lowest BCUT2D eigenvalue weighted by Crippen LogP contribution is -2.58. The van der Waals surface area contributed by atoms with Gasteiger partial charge in [-0.3, -0.25) is 38.4 Å². The van der Waals surface area contributed by atoms with Gasteiger partial charge in [0, 0.05) is 37.5 Å². The van der Waals surface area contributed by atoms with E-state index in [1.807, 2.05) is 60.7 Å². The molecule has 4 saturated heterocycles. The van der Waals surface area contributed by atoms with Crippen LogP contribution in [0.3, 0.4) is 0 Å². The Hall–Kier alpha value is -7.74. The number of carbonyl (C=O) groups excluding carboxylic acids is 6. The molecule has 25 nitrogen and oxygen atoms in total. The van der Waals surface area contributed by atoms with Crippen LogP contribution in [0.5, 0.6) is 0 Å². The van der Waals surface area contributed by atoms with Crippen LogP contribution in [0.15, 0.2) is 82.6 Å². The molecular weight excluding hydrogens is 1100 g/mol. The molecule has 4 fully saturated rings. The molecular formula is C61H83N15O10. The predicted octanol–water partition coefficient (Wildman–Crippen LogP) is 2.28. The van der Waals surface area contributed by atoms with Crippen molar-refractivity contribution in [2.45, 2.75) is 165 Å². The number of rotatable bonds is 29. The Morgan fingerprint density at radius 1 is 0.570 bits per heavy atom. The summed E-state index contributed by atoms with van der Waals surface area (Å²) in [7, 11) is 3.42. The van der Waals surface area contributed by atoms with Crippen molar-refractivity contribution in [1.82, 2.24) is 66.4 Å². The van der Waals surface area contributed by atoms with Gasteiger partial charge in [-0.1, -0.05) is 96.8 Å². The van der Waals surface area contributed by atoms with Crippen molar-refractivity contribution in [1.29, 1.82) is 0 Å². The summed E-state index contributed by atoms with van der Waals surface area (Å²) in [6, 6.07) is 14.5. The van der Waals surface area contributed by atoms with Gasteiger partial charge < -0.3 is 56.5 Å². The number of ketones is 1. The van der Waals surface area contributed by atoms with Gasteiger partial charge in [-0.05, 0) is 90.4 Å². The number of benzene rings is 2. The zero-order valence-corrected chi connectivity index (χ0v) is 49.7. The lowest BCUT2D eigenvalue weighted by Gasteiger charge is -2.36. The van der Waals surface area contributed by atoms with Crippen LogP contribution >= 0.6 is 0 Å². The summed E-state index contributed by atoms with van der Waals surface area (Å²) in [4.78, 5) is 111. The summed E-state index contributed by atoms with van der Waals surface area (Å²) in [6.45, 7) is 5.64. The SMILES string of the molecule is CN[C@@H](C)C(=O)C[C@H]1CCCC[C@H]2CC[C@@H](C(=O)N[C@@H](c3ccccc3)c3cn(CCOCCNc4c(NCCOCCn5cc([C@@H](NC(=O)[C@@H]6CC[C@@H]7CCCC[C@H](NC(=O)[C@H](C)NC)C(=O)N76)c6ccccc6)nn5)c(=O)c4=O)nn3)N2C1=O. The Morgan fingerprint density at radius 2 is 1.03 bits per heavy atom. The van der Waals surface area contributed by atoms with Crippen LogP contribution < -0.4 is 48.1 Å². The van der Waals surface area contributed by atoms with Crippen LogP contribution in [0.1, 0.15) is 132 Å². The van der Waals surface area contributed by atoms with E-state index in [0.29, 0.717) is 56.6 Å². The number of hydrogen-bond acceptors (Lipinski definition) is 18. The second kappa shape index (κ2) is 30.1. The van der Waals surface area contributed by atoms with E-state index in [2.05, 4.69) is 57.8 Å². The highest BCUT2D eigenvalue weighted by molar-refractivity contribution is 5.95. The van der Waals surface area contributed by atoms with Crippen LogP contribution in [0, 0.1) is 5.92 Å². The molecule has 10 atom stereocenters. The van der Waals surface area contributed by atoms with Crippen molar-refractivity contribution < 1.29 is 38.2 Å². The minimum Gasteiger partial charge on any atom is -0.378 e. The first-order chi connectivity index (χ1) is 41.7. The first kappa shape index (κ1) is 62.8. The number of likely N-dealkylation sites (N-methyl/N-ethyl adjacent to an activating group) is 2. The number of Topliss-reactive ketones (excluding diaryl/α,β-unsaturated/α-hetero) is 1. The van der Waals surface area contributed by atoms with Gasteiger partial charge in [-0.2, -0.15) is 0 Å². The van der Waals surface area contributed by atoms with Crippen molar-refractivity contribution in [3.05, 3.63) is 116 Å². The summed E-state index contributed by atoms with van der Waals surface area (Å²) in [5, 5.41) is 38.7. The summed E-state index contributed by atoms with van der Waals surface area (Å²) in [5.41, 5.74) is 1.70. The zero-order chi connectivity index (χ0) is 60.7. The van der Waals surface area contributed by atoms with Gasteiger partial charge in [-0.25, -0.2) is 9.36 Å². The highest BCUT2D eigenvalue weighted by Gasteiger charge is 2.46. The van der Waals surface area contributed by atoms with Crippen molar-refractivity contribution in [3.8, 4) is 0 Å². The second-order valence-corrected chi connectivity index (χ2v) is 23.0. The fraction of sp³-hybridized carbons (Fsp3) is 0.574. The fourth-order valence-corrected chi connectivity index (χ4v) is 12.3. The molecule has 3 aromatic carbocycles. The molecule has 2 aromatic heterocycles. The van der Waals surface area contributed by atoms with Crippen molar-refractivity contribution in [3.63, 3.8) is 0 Å². The molecule has 9 rings (SSSR count). The largest absolute Gasteiger partial charge is 0.378 e. The van der Waals surface area contributed by atoms with Crippen molar-refractivity contribution >= 4 is 46.7 Å². The maximum absolute atomic E-state index is 14.3. The number of fused-ring (bicyclic) bond motifs is 2. The average Bonchev–Trinajstić information content (AvgIpc) is 1.92. The molecule has 0 radical (unpaired) electrons. The maximum atomic E-state index is 14.3. The van der Waals surface area contributed by atoms with Crippen molar-refractivity contribution in [2.75, 3.05) is 64.2 Å². The number of nitrogens with zero attached hydrogens (tertiary/aromatic N) is 8. The molecule has 0 spiro atoms. The van der Waals surface area contributed by atoms with Gasteiger partial charge in [0.15, 0.2) is 0 Å². The number of nitrogens with one attached hydrogen (secondary N) is 7. The van der Waals surface area contributed by atoms with Crippen molar-refractivity contribution in [2.24, 2.45) is 5.92 Å². The number of hydrogen-bond donors (Lipinski definition) is 7. The average molecular weight is 1190 g/mol. The van der Waals surface area contributed by atoms with Gasteiger partial charge >= 0.3 is 0 Å². The van der Waals surface area contributed by atoms with Crippen LogP contribution in [-0.2, 0) is 51.3 Å². The normalized spacial score (nSPS) is 22.1. The summed E-state index contributed by atoms with van der Waals surface area (Å²) in [5.74, 6) is -1.68. The van der Waals surface area contributed by atoms with Crippen LogP contribution in [-0.4, -0.2) is 171 Å². The third-order valence-electron chi connectivity index (χ3n) is 17.4. The van der Waals surface area contributed by atoms with Gasteiger partial charge in [0.2, 0.25) is 29.5 Å². The molecule has 86 heavy (non-hydrogen) atoms. The second-order valence-electron chi connectivity index (χ2n) is 23.0. The first-order valence-electron chi connectivity index (χ1n) is 30.5. The van der Waals surface area contributed by atoms with E-state index < -0.39 is 53.0 Å². The molecule has 5 aromatic rings. The number of carbonyl (C=O) groups is 6. The summed E-state index contributed by atoms with van der Waals surface area (Å²) < 4.78 is 15.0. The smallest absolute Gasteiger partial charge is 0.253 e. The van der Waals surface area contributed by atoms with E-state index >= 15 is 0 Å². The van der Waals surface area contributed by atoms with E-state index in [9.17, 15) is 38.4 Å². The number of aromatic nitrogens is 6. The molecule has 0 aliphatic carbocycles. The van der Waals surface area contributed by atoms with Crippen LogP contribution in [0.25, 0.3) is 0 Å². The number of amides is 5. The summed E-state index contributed by atoms with van der Waals surface area (Å²) >= 11 is 0. The van der Waals surface area contributed by atoms with E-state index in [-0.39, 0.29) is 111 Å². The third-order valence-corrected chi connectivity index (χ3v) is 17.4. The molecule has 5 amide bonds. The minimum atomic E-state index is -0.716. The van der Waals surface area contributed by atoms with Gasteiger partial charge in [-0.15, -0.1) is 10.2 Å². The van der Waals surface area contributed by atoms with Crippen LogP contribution in [0.4, 0.5) is 11.4 Å².